The van der Waals surface area contributed by atoms with E-state index in [0.29, 0.717) is 18.4 Å². The van der Waals surface area contributed by atoms with Crippen LogP contribution >= 0.6 is 11.3 Å². The van der Waals surface area contributed by atoms with E-state index in [4.69, 9.17) is 0 Å². The Hall–Kier alpha value is -2.25. The fraction of sp³-hybridized carbons (Fsp3) is 0.389. The fourth-order valence-corrected chi connectivity index (χ4v) is 3.42. The maximum Gasteiger partial charge on any atom is 0.229 e. The summed E-state index contributed by atoms with van der Waals surface area (Å²) in [4.78, 5) is 16.1. The first-order valence-corrected chi connectivity index (χ1v) is 9.09. The zero-order valence-corrected chi connectivity index (χ0v) is 15.7. The molecule has 2 heterocycles. The summed E-state index contributed by atoms with van der Waals surface area (Å²) in [6.07, 6.45) is -0.612. The van der Waals surface area contributed by atoms with Crippen molar-refractivity contribution in [3.8, 4) is 0 Å². The molecule has 2 aromatic heterocycles. The molecule has 3 aromatic rings. The van der Waals surface area contributed by atoms with Crippen molar-refractivity contribution in [2.75, 3.05) is 30.9 Å². The Morgan fingerprint density at radius 1 is 1.16 bits per heavy atom. The lowest BCUT2D eigenvalue weighted by molar-refractivity contribution is 0.195. The average molecular weight is 357 g/mol. The van der Waals surface area contributed by atoms with Gasteiger partial charge in [0.1, 0.15) is 11.9 Å². The molecule has 0 amide bonds. The summed E-state index contributed by atoms with van der Waals surface area (Å²) in [5, 5.41) is 14.8. The zero-order chi connectivity index (χ0) is 18.0. The molecule has 0 aliphatic heterocycles. The molecule has 1 unspecified atom stereocenters. The number of nitrogens with one attached hydrogen (secondary N) is 1. The molecule has 0 saturated carbocycles. The molecular formula is C18H23N5OS. The summed E-state index contributed by atoms with van der Waals surface area (Å²) in [5.74, 6) is 2.03. The molecule has 1 aromatic carbocycles. The molecule has 132 valence electrons. The molecule has 0 aliphatic carbocycles. The van der Waals surface area contributed by atoms with Gasteiger partial charge in [-0.1, -0.05) is 32.0 Å². The van der Waals surface area contributed by atoms with Crippen LogP contribution in [0, 0.1) is 0 Å². The van der Waals surface area contributed by atoms with Crippen molar-refractivity contribution in [3.05, 3.63) is 41.0 Å². The summed E-state index contributed by atoms with van der Waals surface area (Å²) >= 11 is 1.61. The minimum Gasteiger partial charge on any atom is -0.386 e. The van der Waals surface area contributed by atoms with Gasteiger partial charge in [0.15, 0.2) is 0 Å². The molecular weight excluding hydrogens is 334 g/mol. The highest BCUT2D eigenvalue weighted by Crippen LogP contribution is 2.29. The Bertz CT molecular complexity index is 802. The Balaban J connectivity index is 1.75. The first kappa shape index (κ1) is 17.6. The van der Waals surface area contributed by atoms with Gasteiger partial charge >= 0.3 is 0 Å². The highest BCUT2D eigenvalue weighted by atomic mass is 32.1. The summed E-state index contributed by atoms with van der Waals surface area (Å²) < 4.78 is 1.17. The van der Waals surface area contributed by atoms with Crippen molar-refractivity contribution in [2.24, 2.45) is 0 Å². The van der Waals surface area contributed by atoms with Crippen molar-refractivity contribution < 1.29 is 5.11 Å². The van der Waals surface area contributed by atoms with Crippen molar-refractivity contribution in [3.63, 3.8) is 0 Å². The normalized spacial score (nSPS) is 12.6. The summed E-state index contributed by atoms with van der Waals surface area (Å²) in [6.45, 7) is 4.44. The minimum atomic E-state index is -0.612. The molecule has 0 spiro atoms. The smallest absolute Gasteiger partial charge is 0.229 e. The van der Waals surface area contributed by atoms with E-state index in [9.17, 15) is 5.11 Å². The highest BCUT2D eigenvalue weighted by Gasteiger charge is 2.14. The lowest BCUT2D eigenvalue weighted by Gasteiger charge is -2.15. The van der Waals surface area contributed by atoms with Gasteiger partial charge in [0.2, 0.25) is 11.9 Å². The molecule has 0 radical (unpaired) electrons. The number of nitrogens with zero attached hydrogens (tertiary/aromatic N) is 4. The third kappa shape index (κ3) is 4.05. The number of anilines is 2. The minimum absolute atomic E-state index is 0.203. The summed E-state index contributed by atoms with van der Waals surface area (Å²) in [7, 11) is 3.80. The van der Waals surface area contributed by atoms with Gasteiger partial charge in [0.05, 0.1) is 0 Å². The zero-order valence-electron chi connectivity index (χ0n) is 14.9. The standard InChI is InChI=1S/C18H23N5OS/c1-11(2)16-20-17(22-18(21-16)23(3)4)19-10-13(24)15-9-12-7-5-6-8-14(12)25-15/h5-9,11,13,24H,10H2,1-4H3,(H,19,20,21,22). The van der Waals surface area contributed by atoms with Gasteiger partial charge in [-0.2, -0.15) is 15.0 Å². The van der Waals surface area contributed by atoms with Gasteiger partial charge < -0.3 is 15.3 Å². The lowest BCUT2D eigenvalue weighted by Crippen LogP contribution is -2.19. The highest BCUT2D eigenvalue weighted by molar-refractivity contribution is 7.19. The first-order valence-electron chi connectivity index (χ1n) is 8.27. The van der Waals surface area contributed by atoms with Crippen LogP contribution in [-0.2, 0) is 0 Å². The molecule has 1 atom stereocenters. The van der Waals surface area contributed by atoms with E-state index in [1.165, 1.54) is 4.70 Å². The van der Waals surface area contributed by atoms with Crippen LogP contribution in [0.2, 0.25) is 0 Å². The van der Waals surface area contributed by atoms with Crippen molar-refractivity contribution in [1.29, 1.82) is 0 Å². The Morgan fingerprint density at radius 3 is 2.60 bits per heavy atom. The van der Waals surface area contributed by atoms with Crippen LogP contribution in [-0.4, -0.2) is 40.7 Å². The fourth-order valence-electron chi connectivity index (χ4n) is 2.37. The average Bonchev–Trinajstić information content (AvgIpc) is 3.03. The Kier molecular flexibility index (Phi) is 5.15. The van der Waals surface area contributed by atoms with Crippen LogP contribution < -0.4 is 10.2 Å². The van der Waals surface area contributed by atoms with E-state index in [-0.39, 0.29) is 5.92 Å². The quantitative estimate of drug-likeness (QED) is 0.704. The van der Waals surface area contributed by atoms with E-state index in [2.05, 4.69) is 32.4 Å². The van der Waals surface area contributed by atoms with Crippen molar-refractivity contribution in [1.82, 2.24) is 15.0 Å². The van der Waals surface area contributed by atoms with Gasteiger partial charge in [-0.05, 0) is 17.5 Å². The second-order valence-electron chi connectivity index (χ2n) is 6.45. The number of aliphatic hydroxyl groups excluding tert-OH is 1. The number of aromatic nitrogens is 3. The van der Waals surface area contributed by atoms with Gasteiger partial charge in [-0.3, -0.25) is 0 Å². The second-order valence-corrected chi connectivity index (χ2v) is 7.56. The SMILES string of the molecule is CC(C)c1nc(NCC(O)c2cc3ccccc3s2)nc(N(C)C)n1. The van der Waals surface area contributed by atoms with Crippen LogP contribution in [0.15, 0.2) is 30.3 Å². The number of aliphatic hydroxyl groups is 1. The van der Waals surface area contributed by atoms with Gasteiger partial charge in [0.25, 0.3) is 0 Å². The summed E-state index contributed by atoms with van der Waals surface area (Å²) in [5.41, 5.74) is 0. The number of thiophene rings is 1. The van der Waals surface area contributed by atoms with E-state index in [0.717, 1.165) is 16.1 Å². The second kappa shape index (κ2) is 7.33. The molecule has 0 aliphatic rings. The third-order valence-corrected chi connectivity index (χ3v) is 5.00. The number of benzene rings is 1. The van der Waals surface area contributed by atoms with Crippen molar-refractivity contribution >= 4 is 33.3 Å². The Labute approximate surface area is 151 Å². The van der Waals surface area contributed by atoms with Crippen LogP contribution in [0.4, 0.5) is 11.9 Å². The topological polar surface area (TPSA) is 74.2 Å². The third-order valence-electron chi connectivity index (χ3n) is 3.78. The van der Waals surface area contributed by atoms with Crippen LogP contribution in [0.5, 0.6) is 0 Å². The molecule has 3 rings (SSSR count). The van der Waals surface area contributed by atoms with E-state index >= 15 is 0 Å². The first-order chi connectivity index (χ1) is 11.9. The molecule has 2 N–H and O–H groups in total. The maximum atomic E-state index is 10.5. The number of rotatable bonds is 6. The largest absolute Gasteiger partial charge is 0.386 e. The molecule has 0 bridgehead atoms. The van der Waals surface area contributed by atoms with Gasteiger partial charge in [-0.15, -0.1) is 11.3 Å². The van der Waals surface area contributed by atoms with Crippen LogP contribution in [0.25, 0.3) is 10.1 Å². The number of hydrogen-bond acceptors (Lipinski definition) is 7. The van der Waals surface area contributed by atoms with Crippen LogP contribution in [0.1, 0.15) is 36.6 Å². The van der Waals surface area contributed by atoms with Gasteiger partial charge in [0, 0.05) is 36.1 Å². The Morgan fingerprint density at radius 2 is 1.92 bits per heavy atom. The predicted molar refractivity (Wildman–Crippen MR) is 104 cm³/mol. The van der Waals surface area contributed by atoms with E-state index < -0.39 is 6.10 Å². The lowest BCUT2D eigenvalue weighted by atomic mass is 10.2. The van der Waals surface area contributed by atoms with Crippen LogP contribution in [0.3, 0.4) is 0 Å². The number of hydrogen-bond donors (Lipinski definition) is 2. The molecule has 7 heteroatoms. The molecule has 6 nitrogen and oxygen atoms in total. The summed E-state index contributed by atoms with van der Waals surface area (Å²) in [6, 6.07) is 10.2. The maximum absolute atomic E-state index is 10.5. The molecule has 0 saturated heterocycles. The monoisotopic (exact) mass is 357 g/mol. The van der Waals surface area contributed by atoms with E-state index in [1.807, 2.05) is 51.0 Å². The predicted octanol–water partition coefficient (Wildman–Crippen LogP) is 3.42. The molecule has 0 fully saturated rings. The number of fused-ring (bicyclic) bond motifs is 1. The van der Waals surface area contributed by atoms with Gasteiger partial charge in [-0.25, -0.2) is 0 Å². The van der Waals surface area contributed by atoms with E-state index in [1.54, 1.807) is 11.3 Å². The molecule has 25 heavy (non-hydrogen) atoms. The van der Waals surface area contributed by atoms with Crippen molar-refractivity contribution in [2.45, 2.75) is 25.9 Å².